The minimum absolute atomic E-state index is 0.113. The van der Waals surface area contributed by atoms with Crippen molar-refractivity contribution in [2.24, 2.45) is 5.92 Å². The molecular formula is C21H21N5O2S. The molecule has 29 heavy (non-hydrogen) atoms. The van der Waals surface area contributed by atoms with Gasteiger partial charge in [-0.1, -0.05) is 24.3 Å². The maximum absolute atomic E-state index is 12.8. The van der Waals surface area contributed by atoms with Gasteiger partial charge >= 0.3 is 0 Å². The van der Waals surface area contributed by atoms with Gasteiger partial charge in [-0.2, -0.15) is 9.90 Å². The second-order valence-corrected chi connectivity index (χ2v) is 8.42. The maximum Gasteiger partial charge on any atom is 0.276 e. The van der Waals surface area contributed by atoms with Crippen LogP contribution < -0.4 is 0 Å². The van der Waals surface area contributed by atoms with Gasteiger partial charge in [0.2, 0.25) is 5.91 Å². The molecule has 3 aromatic rings. The van der Waals surface area contributed by atoms with E-state index in [4.69, 9.17) is 0 Å². The fourth-order valence-corrected chi connectivity index (χ4v) is 4.76. The van der Waals surface area contributed by atoms with Crippen molar-refractivity contribution in [3.8, 4) is 5.69 Å². The summed E-state index contributed by atoms with van der Waals surface area (Å²) in [6.45, 7) is 2.20. The van der Waals surface area contributed by atoms with Crippen LogP contribution in [0.4, 0.5) is 0 Å². The second-order valence-electron chi connectivity index (χ2n) is 7.44. The Morgan fingerprint density at radius 1 is 0.966 bits per heavy atom. The van der Waals surface area contributed by atoms with Crippen molar-refractivity contribution >= 4 is 23.2 Å². The standard InChI is InChI=1S/C21H21N5O2S/c27-20(17-13-16(17)19-7-4-12-29-19)24-8-10-25(11-9-24)21(28)18-14-22-26(23-18)15-5-2-1-3-6-15/h1-7,12,14,16-17H,8-11,13H2/t16-,17+/m1/s1. The minimum atomic E-state index is -0.137. The molecule has 0 spiro atoms. The largest absolute Gasteiger partial charge is 0.339 e. The van der Waals surface area contributed by atoms with Gasteiger partial charge < -0.3 is 9.80 Å². The maximum atomic E-state index is 12.8. The Morgan fingerprint density at radius 2 is 1.72 bits per heavy atom. The first-order chi connectivity index (χ1) is 14.2. The molecule has 1 aromatic carbocycles. The summed E-state index contributed by atoms with van der Waals surface area (Å²) in [5.74, 6) is 0.588. The number of aromatic nitrogens is 3. The van der Waals surface area contributed by atoms with Crippen LogP contribution in [0.3, 0.4) is 0 Å². The third kappa shape index (κ3) is 3.55. The topological polar surface area (TPSA) is 71.3 Å². The molecule has 8 heteroatoms. The van der Waals surface area contributed by atoms with E-state index in [2.05, 4.69) is 21.6 Å². The van der Waals surface area contributed by atoms with Gasteiger partial charge in [0.1, 0.15) is 0 Å². The minimum Gasteiger partial charge on any atom is -0.339 e. The highest BCUT2D eigenvalue weighted by atomic mass is 32.1. The van der Waals surface area contributed by atoms with E-state index in [1.807, 2.05) is 41.3 Å². The molecule has 7 nitrogen and oxygen atoms in total. The third-order valence-electron chi connectivity index (χ3n) is 5.59. The number of carbonyl (C=O) groups is 2. The van der Waals surface area contributed by atoms with Crippen LogP contribution in [-0.4, -0.2) is 62.8 Å². The molecule has 148 valence electrons. The predicted molar refractivity (Wildman–Crippen MR) is 109 cm³/mol. The van der Waals surface area contributed by atoms with Gasteiger partial charge in [-0.05, 0) is 30.0 Å². The molecule has 2 fully saturated rings. The van der Waals surface area contributed by atoms with Crippen LogP contribution >= 0.6 is 11.3 Å². The van der Waals surface area contributed by atoms with Crippen LogP contribution in [0, 0.1) is 5.92 Å². The van der Waals surface area contributed by atoms with E-state index in [1.165, 1.54) is 15.9 Å². The zero-order valence-electron chi connectivity index (χ0n) is 15.8. The highest BCUT2D eigenvalue weighted by molar-refractivity contribution is 7.10. The van der Waals surface area contributed by atoms with Gasteiger partial charge in [-0.3, -0.25) is 9.59 Å². The molecule has 2 atom stereocenters. The molecule has 0 unspecified atom stereocenters. The number of carbonyl (C=O) groups excluding carboxylic acids is 2. The van der Waals surface area contributed by atoms with E-state index in [9.17, 15) is 9.59 Å². The first kappa shape index (κ1) is 18.1. The number of amides is 2. The second kappa shape index (κ2) is 7.44. The average molecular weight is 407 g/mol. The molecule has 1 saturated carbocycles. The molecule has 1 aliphatic carbocycles. The van der Waals surface area contributed by atoms with E-state index in [1.54, 1.807) is 16.2 Å². The monoisotopic (exact) mass is 407 g/mol. The van der Waals surface area contributed by atoms with E-state index in [0.717, 1.165) is 12.1 Å². The average Bonchev–Trinajstić information content (AvgIpc) is 3.17. The van der Waals surface area contributed by atoms with Crippen LogP contribution in [0.5, 0.6) is 0 Å². The van der Waals surface area contributed by atoms with Crippen molar-refractivity contribution in [3.63, 3.8) is 0 Å². The Morgan fingerprint density at radius 3 is 2.45 bits per heavy atom. The molecule has 1 saturated heterocycles. The Kier molecular flexibility index (Phi) is 4.63. The zero-order valence-corrected chi connectivity index (χ0v) is 16.7. The first-order valence-corrected chi connectivity index (χ1v) is 10.7. The van der Waals surface area contributed by atoms with Gasteiger partial charge in [0, 0.05) is 42.9 Å². The summed E-state index contributed by atoms with van der Waals surface area (Å²) < 4.78 is 0. The van der Waals surface area contributed by atoms with Crippen molar-refractivity contribution < 1.29 is 9.59 Å². The Balaban J connectivity index is 1.17. The molecule has 2 aliphatic rings. The van der Waals surface area contributed by atoms with Crippen molar-refractivity contribution in [1.82, 2.24) is 24.8 Å². The van der Waals surface area contributed by atoms with Crippen molar-refractivity contribution in [2.45, 2.75) is 12.3 Å². The summed E-state index contributed by atoms with van der Waals surface area (Å²) in [5, 5.41) is 10.6. The van der Waals surface area contributed by atoms with E-state index >= 15 is 0 Å². The highest BCUT2D eigenvalue weighted by Gasteiger charge is 2.46. The summed E-state index contributed by atoms with van der Waals surface area (Å²) in [6.07, 6.45) is 2.45. The van der Waals surface area contributed by atoms with E-state index in [-0.39, 0.29) is 17.7 Å². The molecule has 3 heterocycles. The molecule has 2 amide bonds. The molecule has 5 rings (SSSR count). The molecule has 0 radical (unpaired) electrons. The lowest BCUT2D eigenvalue weighted by molar-refractivity contribution is -0.134. The smallest absolute Gasteiger partial charge is 0.276 e. The number of rotatable bonds is 4. The SMILES string of the molecule is O=C(c1cnn(-c2ccccc2)n1)N1CCN(C(=O)[C@H]2C[C@H]2c2cccs2)CC1. The van der Waals surface area contributed by atoms with Crippen LogP contribution in [0.1, 0.15) is 27.7 Å². The fraction of sp³-hybridized carbons (Fsp3) is 0.333. The number of thiophene rings is 1. The zero-order chi connectivity index (χ0) is 19.8. The van der Waals surface area contributed by atoms with Crippen molar-refractivity contribution in [3.05, 3.63) is 64.6 Å². The highest BCUT2D eigenvalue weighted by Crippen LogP contribution is 2.50. The first-order valence-electron chi connectivity index (χ1n) is 9.80. The molecular weight excluding hydrogens is 386 g/mol. The lowest BCUT2D eigenvalue weighted by Crippen LogP contribution is -2.51. The van der Waals surface area contributed by atoms with Gasteiger partial charge in [0.15, 0.2) is 5.69 Å². The summed E-state index contributed by atoms with van der Waals surface area (Å²) >= 11 is 1.73. The quantitative estimate of drug-likeness (QED) is 0.666. The number of hydrogen-bond donors (Lipinski definition) is 0. The summed E-state index contributed by atoms with van der Waals surface area (Å²) in [4.78, 5) is 32.0. The van der Waals surface area contributed by atoms with Crippen molar-refractivity contribution in [2.75, 3.05) is 26.2 Å². The summed E-state index contributed by atoms with van der Waals surface area (Å²) in [6, 6.07) is 13.7. The molecule has 1 aliphatic heterocycles. The Bertz CT molecular complexity index is 1010. The normalized spacial score (nSPS) is 21.2. The Labute approximate surface area is 172 Å². The van der Waals surface area contributed by atoms with Crippen LogP contribution in [-0.2, 0) is 4.79 Å². The Hall–Kier alpha value is -3.00. The molecule has 2 aromatic heterocycles. The number of nitrogens with zero attached hydrogens (tertiary/aromatic N) is 5. The van der Waals surface area contributed by atoms with Crippen LogP contribution in [0.25, 0.3) is 5.69 Å². The van der Waals surface area contributed by atoms with Gasteiger partial charge in [-0.15, -0.1) is 16.4 Å². The number of para-hydroxylation sites is 1. The number of piperazine rings is 1. The summed E-state index contributed by atoms with van der Waals surface area (Å²) in [7, 11) is 0. The summed E-state index contributed by atoms with van der Waals surface area (Å²) in [5.41, 5.74) is 1.14. The van der Waals surface area contributed by atoms with Crippen LogP contribution in [0.2, 0.25) is 0 Å². The van der Waals surface area contributed by atoms with Gasteiger partial charge in [-0.25, -0.2) is 0 Å². The number of benzene rings is 1. The van der Waals surface area contributed by atoms with Gasteiger partial charge in [0.25, 0.3) is 5.91 Å². The van der Waals surface area contributed by atoms with Crippen LogP contribution in [0.15, 0.2) is 54.0 Å². The van der Waals surface area contributed by atoms with E-state index in [0.29, 0.717) is 37.8 Å². The lowest BCUT2D eigenvalue weighted by Gasteiger charge is -2.34. The van der Waals surface area contributed by atoms with Gasteiger partial charge in [0.05, 0.1) is 11.9 Å². The van der Waals surface area contributed by atoms with E-state index < -0.39 is 0 Å². The number of hydrogen-bond acceptors (Lipinski definition) is 5. The molecule has 0 N–H and O–H groups in total. The lowest BCUT2D eigenvalue weighted by atomic mass is 10.2. The predicted octanol–water partition coefficient (Wildman–Crippen LogP) is 2.42. The molecule has 0 bridgehead atoms. The third-order valence-corrected chi connectivity index (χ3v) is 6.60. The fourth-order valence-electron chi connectivity index (χ4n) is 3.86. The van der Waals surface area contributed by atoms with Crippen molar-refractivity contribution in [1.29, 1.82) is 0 Å².